The maximum absolute atomic E-state index is 12.3. The second-order valence-corrected chi connectivity index (χ2v) is 8.39. The Morgan fingerprint density at radius 1 is 1.07 bits per heavy atom. The molecular formula is C27H30O2. The van der Waals surface area contributed by atoms with Gasteiger partial charge in [-0.2, -0.15) is 0 Å². The lowest BCUT2D eigenvalue weighted by Crippen LogP contribution is -2.26. The van der Waals surface area contributed by atoms with E-state index in [2.05, 4.69) is 32.9 Å². The van der Waals surface area contributed by atoms with Gasteiger partial charge in [-0.05, 0) is 60.6 Å². The van der Waals surface area contributed by atoms with Gasteiger partial charge in [0.1, 0.15) is 12.4 Å². The fraction of sp³-hybridized carbons (Fsp3) is 0.296. The van der Waals surface area contributed by atoms with Gasteiger partial charge in [0.05, 0.1) is 0 Å². The summed E-state index contributed by atoms with van der Waals surface area (Å²) in [5.74, 6) is 1.16. The minimum Gasteiger partial charge on any atom is -0.489 e. The van der Waals surface area contributed by atoms with E-state index in [1.807, 2.05) is 60.7 Å². The summed E-state index contributed by atoms with van der Waals surface area (Å²) in [5.41, 5.74) is 3.68. The zero-order valence-corrected chi connectivity index (χ0v) is 17.6. The first-order valence-electron chi connectivity index (χ1n) is 10.3. The van der Waals surface area contributed by atoms with Gasteiger partial charge in [0.25, 0.3) is 0 Å². The lowest BCUT2D eigenvalue weighted by atomic mass is 9.68. The second-order valence-electron chi connectivity index (χ2n) is 8.39. The average molecular weight is 387 g/mol. The molecule has 2 heteroatoms. The maximum atomic E-state index is 12.3. The third-order valence-electron chi connectivity index (χ3n) is 5.61. The molecule has 29 heavy (non-hydrogen) atoms. The van der Waals surface area contributed by atoms with Crippen molar-refractivity contribution in [3.8, 4) is 5.75 Å². The van der Waals surface area contributed by atoms with Crippen LogP contribution in [-0.2, 0) is 11.4 Å². The van der Waals surface area contributed by atoms with Crippen molar-refractivity contribution in [2.45, 2.75) is 40.2 Å². The maximum Gasteiger partial charge on any atom is 0.178 e. The molecule has 1 atom stereocenters. The van der Waals surface area contributed by atoms with Crippen LogP contribution in [0.4, 0.5) is 0 Å². The predicted molar refractivity (Wildman–Crippen MR) is 121 cm³/mol. The summed E-state index contributed by atoms with van der Waals surface area (Å²) in [6, 6.07) is 17.9. The number of rotatable bonds is 7. The molecule has 1 aliphatic rings. The van der Waals surface area contributed by atoms with E-state index in [1.54, 1.807) is 12.2 Å². The van der Waals surface area contributed by atoms with E-state index in [-0.39, 0.29) is 11.2 Å². The van der Waals surface area contributed by atoms with Crippen LogP contribution in [0.3, 0.4) is 0 Å². The summed E-state index contributed by atoms with van der Waals surface area (Å²) in [6.07, 6.45) is 11.8. The Morgan fingerprint density at radius 2 is 1.79 bits per heavy atom. The zero-order chi connectivity index (χ0) is 20.7. The molecule has 2 nitrogen and oxygen atoms in total. The topological polar surface area (TPSA) is 26.3 Å². The van der Waals surface area contributed by atoms with E-state index < -0.39 is 0 Å². The van der Waals surface area contributed by atoms with Crippen molar-refractivity contribution < 1.29 is 9.53 Å². The molecule has 0 bridgehead atoms. The average Bonchev–Trinajstić information content (AvgIpc) is 2.71. The van der Waals surface area contributed by atoms with Gasteiger partial charge in [0.15, 0.2) is 5.78 Å². The normalized spacial score (nSPS) is 18.7. The summed E-state index contributed by atoms with van der Waals surface area (Å²) in [7, 11) is 0. The number of hydrogen-bond acceptors (Lipinski definition) is 2. The van der Waals surface area contributed by atoms with Crippen LogP contribution in [0, 0.1) is 11.3 Å². The Kier molecular flexibility index (Phi) is 6.87. The monoisotopic (exact) mass is 386 g/mol. The molecule has 2 aromatic carbocycles. The Bertz CT molecular complexity index is 899. The molecule has 0 fully saturated rings. The third kappa shape index (κ3) is 6.05. The van der Waals surface area contributed by atoms with Crippen molar-refractivity contribution in [3.05, 3.63) is 95.6 Å². The fourth-order valence-corrected chi connectivity index (χ4v) is 3.82. The SMILES string of the molecule is CC1=CCCC(C)(C)C1/C=C/C(=O)/C=C/c1ccc(OCc2ccccc2)cc1. The van der Waals surface area contributed by atoms with Crippen LogP contribution >= 0.6 is 0 Å². The van der Waals surface area contributed by atoms with Crippen LogP contribution in [-0.4, -0.2) is 5.78 Å². The second kappa shape index (κ2) is 9.56. The van der Waals surface area contributed by atoms with E-state index in [0.717, 1.165) is 29.7 Å². The molecule has 0 N–H and O–H groups in total. The number of ketones is 1. The van der Waals surface area contributed by atoms with Crippen molar-refractivity contribution in [1.29, 1.82) is 0 Å². The van der Waals surface area contributed by atoms with E-state index >= 15 is 0 Å². The summed E-state index contributed by atoms with van der Waals surface area (Å²) in [6.45, 7) is 7.27. The first-order chi connectivity index (χ1) is 13.9. The summed E-state index contributed by atoms with van der Waals surface area (Å²) in [5, 5.41) is 0. The smallest absolute Gasteiger partial charge is 0.178 e. The molecule has 0 amide bonds. The molecule has 1 aliphatic carbocycles. The Balaban J connectivity index is 1.54. The van der Waals surface area contributed by atoms with Crippen LogP contribution < -0.4 is 4.74 Å². The van der Waals surface area contributed by atoms with E-state index in [4.69, 9.17) is 4.74 Å². The van der Waals surface area contributed by atoms with Gasteiger partial charge in [-0.1, -0.05) is 80.1 Å². The number of carbonyl (C=O) groups excluding carboxylic acids is 1. The van der Waals surface area contributed by atoms with E-state index in [0.29, 0.717) is 12.5 Å². The van der Waals surface area contributed by atoms with Crippen LogP contribution in [0.15, 0.2) is 84.5 Å². The van der Waals surface area contributed by atoms with Crippen LogP contribution in [0.5, 0.6) is 5.75 Å². The largest absolute Gasteiger partial charge is 0.489 e. The number of carbonyl (C=O) groups is 1. The number of hydrogen-bond donors (Lipinski definition) is 0. The van der Waals surface area contributed by atoms with E-state index in [9.17, 15) is 4.79 Å². The van der Waals surface area contributed by atoms with Crippen molar-refractivity contribution in [3.63, 3.8) is 0 Å². The predicted octanol–water partition coefficient (Wildman–Crippen LogP) is 6.79. The highest BCUT2D eigenvalue weighted by Gasteiger charge is 2.30. The molecule has 0 spiro atoms. The van der Waals surface area contributed by atoms with Gasteiger partial charge in [-0.25, -0.2) is 0 Å². The fourth-order valence-electron chi connectivity index (χ4n) is 3.82. The Morgan fingerprint density at radius 3 is 2.48 bits per heavy atom. The third-order valence-corrected chi connectivity index (χ3v) is 5.61. The van der Waals surface area contributed by atoms with Gasteiger partial charge in [-0.3, -0.25) is 4.79 Å². The zero-order valence-electron chi connectivity index (χ0n) is 17.6. The molecule has 150 valence electrons. The Hall–Kier alpha value is -2.87. The van der Waals surface area contributed by atoms with Gasteiger partial charge in [0.2, 0.25) is 0 Å². The van der Waals surface area contributed by atoms with Crippen molar-refractivity contribution in [1.82, 2.24) is 0 Å². The number of allylic oxidation sites excluding steroid dienone is 5. The molecule has 0 saturated carbocycles. The Labute approximate surface area is 174 Å². The minimum absolute atomic E-state index is 0.0172. The number of ether oxygens (including phenoxy) is 1. The van der Waals surface area contributed by atoms with Gasteiger partial charge in [0, 0.05) is 5.92 Å². The number of benzene rings is 2. The minimum atomic E-state index is 0.0172. The molecular weight excluding hydrogens is 356 g/mol. The molecule has 0 heterocycles. The molecule has 0 saturated heterocycles. The lowest BCUT2D eigenvalue weighted by molar-refractivity contribution is -0.110. The quantitative estimate of drug-likeness (QED) is 0.387. The van der Waals surface area contributed by atoms with Crippen molar-refractivity contribution in [2.24, 2.45) is 11.3 Å². The van der Waals surface area contributed by atoms with Crippen LogP contribution in [0.2, 0.25) is 0 Å². The highest BCUT2D eigenvalue weighted by atomic mass is 16.5. The van der Waals surface area contributed by atoms with Crippen molar-refractivity contribution >= 4 is 11.9 Å². The summed E-state index contributed by atoms with van der Waals surface area (Å²) < 4.78 is 5.80. The molecule has 2 aromatic rings. The molecule has 0 radical (unpaired) electrons. The molecule has 0 aliphatic heterocycles. The molecule has 0 aromatic heterocycles. The van der Waals surface area contributed by atoms with Crippen LogP contribution in [0.1, 0.15) is 44.7 Å². The van der Waals surface area contributed by atoms with Gasteiger partial charge in [-0.15, -0.1) is 0 Å². The highest BCUT2D eigenvalue weighted by molar-refractivity contribution is 6.02. The standard InChI is InChI=1S/C27H30O2/c1-21-8-7-19-27(2,3)26(21)18-15-24(28)14-11-22-12-16-25(17-13-22)29-20-23-9-5-4-6-10-23/h4-6,8-18,26H,7,19-20H2,1-3H3/b14-11+,18-15+. The molecule has 1 unspecified atom stereocenters. The molecule has 3 rings (SSSR count). The van der Waals surface area contributed by atoms with Gasteiger partial charge >= 0.3 is 0 Å². The highest BCUT2D eigenvalue weighted by Crippen LogP contribution is 2.41. The summed E-state index contributed by atoms with van der Waals surface area (Å²) >= 11 is 0. The first-order valence-corrected chi connectivity index (χ1v) is 10.3. The van der Waals surface area contributed by atoms with Crippen molar-refractivity contribution in [2.75, 3.05) is 0 Å². The van der Waals surface area contributed by atoms with E-state index in [1.165, 1.54) is 5.57 Å². The van der Waals surface area contributed by atoms with Crippen LogP contribution in [0.25, 0.3) is 6.08 Å². The lowest BCUT2D eigenvalue weighted by Gasteiger charge is -2.36. The summed E-state index contributed by atoms with van der Waals surface area (Å²) in [4.78, 5) is 12.3. The van der Waals surface area contributed by atoms with Gasteiger partial charge < -0.3 is 4.74 Å². The first kappa shape index (κ1) is 20.9.